The van der Waals surface area contributed by atoms with Gasteiger partial charge in [0.1, 0.15) is 0 Å². The lowest BCUT2D eigenvalue weighted by Gasteiger charge is -2.28. The van der Waals surface area contributed by atoms with Crippen LogP contribution in [0, 0.1) is 5.92 Å². The topological polar surface area (TPSA) is 64.4 Å². The molecule has 13 heavy (non-hydrogen) atoms. The first kappa shape index (κ1) is 10.5. The third-order valence-electron chi connectivity index (χ3n) is 2.05. The van der Waals surface area contributed by atoms with Gasteiger partial charge in [0, 0.05) is 0 Å². The van der Waals surface area contributed by atoms with E-state index in [0.717, 1.165) is 6.42 Å². The summed E-state index contributed by atoms with van der Waals surface area (Å²) in [4.78, 5) is 11.4. The molecule has 1 aliphatic rings. The Hall–Kier alpha value is -0.610. The van der Waals surface area contributed by atoms with E-state index in [9.17, 15) is 4.79 Å². The lowest BCUT2D eigenvalue weighted by atomic mass is 10.0. The second kappa shape index (κ2) is 4.58. The molecule has 0 radical (unpaired) electrons. The van der Waals surface area contributed by atoms with Crippen LogP contribution in [0.15, 0.2) is 0 Å². The molecule has 0 aliphatic carbocycles. The van der Waals surface area contributed by atoms with Gasteiger partial charge in [-0.05, 0) is 12.3 Å². The largest absolute Gasteiger partial charge is 0.377 e. The minimum atomic E-state index is -0.374. The number of nitrogens with two attached hydrogens (primary N) is 1. The van der Waals surface area contributed by atoms with Gasteiger partial charge in [0.25, 0.3) is 0 Å². The number of carbonyl (C=O) groups excluding carboxylic acids is 1. The lowest BCUT2D eigenvalue weighted by molar-refractivity contribution is -0.126. The Morgan fingerprint density at radius 2 is 2.23 bits per heavy atom. The second-order valence-corrected chi connectivity index (χ2v) is 3.98. The minimum absolute atomic E-state index is 0.0537. The van der Waals surface area contributed by atoms with E-state index in [-0.39, 0.29) is 18.0 Å². The summed E-state index contributed by atoms with van der Waals surface area (Å²) in [7, 11) is 0. The van der Waals surface area contributed by atoms with Gasteiger partial charge in [0.15, 0.2) is 0 Å². The van der Waals surface area contributed by atoms with Crippen molar-refractivity contribution in [3.05, 3.63) is 0 Å². The zero-order valence-electron chi connectivity index (χ0n) is 8.25. The summed E-state index contributed by atoms with van der Waals surface area (Å²) in [6, 6.07) is -0.189. The van der Waals surface area contributed by atoms with Crippen molar-refractivity contribution in [3.8, 4) is 0 Å². The van der Waals surface area contributed by atoms with E-state index in [1.165, 1.54) is 0 Å². The van der Waals surface area contributed by atoms with Gasteiger partial charge in [-0.15, -0.1) is 0 Å². The minimum Gasteiger partial charge on any atom is -0.377 e. The highest BCUT2D eigenvalue weighted by molar-refractivity contribution is 5.81. The number of amides is 1. The van der Waals surface area contributed by atoms with E-state index in [0.29, 0.717) is 19.1 Å². The molecule has 0 bridgehead atoms. The van der Waals surface area contributed by atoms with Gasteiger partial charge in [-0.25, -0.2) is 0 Å². The van der Waals surface area contributed by atoms with Gasteiger partial charge in [-0.1, -0.05) is 13.8 Å². The van der Waals surface area contributed by atoms with Crippen molar-refractivity contribution in [2.24, 2.45) is 11.7 Å². The molecule has 4 nitrogen and oxygen atoms in total. The van der Waals surface area contributed by atoms with E-state index >= 15 is 0 Å². The highest BCUT2D eigenvalue weighted by Crippen LogP contribution is 2.04. The van der Waals surface area contributed by atoms with Crippen LogP contribution in [0.2, 0.25) is 0 Å². The first-order chi connectivity index (χ1) is 6.09. The molecule has 0 aromatic carbocycles. The van der Waals surface area contributed by atoms with Crippen molar-refractivity contribution >= 4 is 5.91 Å². The zero-order valence-corrected chi connectivity index (χ0v) is 8.25. The molecule has 4 heteroatoms. The maximum Gasteiger partial charge on any atom is 0.237 e. The summed E-state index contributed by atoms with van der Waals surface area (Å²) in [5.41, 5.74) is 5.69. The van der Waals surface area contributed by atoms with Crippen LogP contribution in [-0.4, -0.2) is 31.2 Å². The molecule has 1 amide bonds. The smallest absolute Gasteiger partial charge is 0.237 e. The molecule has 0 unspecified atom stereocenters. The lowest BCUT2D eigenvalue weighted by Crippen LogP contribution is -2.53. The third-order valence-corrected chi connectivity index (χ3v) is 2.05. The van der Waals surface area contributed by atoms with Crippen molar-refractivity contribution in [3.63, 3.8) is 0 Å². The second-order valence-electron chi connectivity index (χ2n) is 3.98. The number of hydrogen-bond donors (Lipinski definition) is 2. The summed E-state index contributed by atoms with van der Waals surface area (Å²) >= 11 is 0. The maximum atomic E-state index is 11.4. The van der Waals surface area contributed by atoms with Crippen molar-refractivity contribution in [1.82, 2.24) is 5.32 Å². The van der Waals surface area contributed by atoms with Crippen LogP contribution in [0.4, 0.5) is 0 Å². The molecular weight excluding hydrogens is 168 g/mol. The Bertz CT molecular complexity index is 178. The fourth-order valence-electron chi connectivity index (χ4n) is 1.24. The Balaban J connectivity index is 2.20. The number of ether oxygens (including phenoxy) is 1. The molecular formula is C9H18N2O2. The molecule has 1 fully saturated rings. The number of rotatable bonds is 4. The Kier molecular flexibility index (Phi) is 3.69. The van der Waals surface area contributed by atoms with Gasteiger partial charge in [0.05, 0.1) is 25.3 Å². The van der Waals surface area contributed by atoms with E-state index in [4.69, 9.17) is 10.5 Å². The fourth-order valence-corrected chi connectivity index (χ4v) is 1.24. The fraction of sp³-hybridized carbons (Fsp3) is 0.889. The molecule has 1 rings (SSSR count). The van der Waals surface area contributed by atoms with Crippen LogP contribution < -0.4 is 11.1 Å². The highest BCUT2D eigenvalue weighted by atomic mass is 16.5. The Labute approximate surface area is 78.8 Å². The van der Waals surface area contributed by atoms with Gasteiger partial charge < -0.3 is 15.8 Å². The van der Waals surface area contributed by atoms with Crippen LogP contribution in [0.3, 0.4) is 0 Å². The molecule has 0 aromatic rings. The Morgan fingerprint density at radius 3 is 2.62 bits per heavy atom. The van der Waals surface area contributed by atoms with Crippen LogP contribution >= 0.6 is 0 Å². The maximum absolute atomic E-state index is 11.4. The summed E-state index contributed by atoms with van der Waals surface area (Å²) in [6.45, 7) is 5.36. The first-order valence-corrected chi connectivity index (χ1v) is 4.73. The summed E-state index contributed by atoms with van der Waals surface area (Å²) in [6.07, 6.45) is 0.736. The van der Waals surface area contributed by atoms with Crippen molar-refractivity contribution in [1.29, 1.82) is 0 Å². The monoisotopic (exact) mass is 186 g/mol. The summed E-state index contributed by atoms with van der Waals surface area (Å²) in [5, 5.41) is 2.83. The molecule has 1 atom stereocenters. The van der Waals surface area contributed by atoms with Gasteiger partial charge in [-0.2, -0.15) is 0 Å². The Morgan fingerprint density at radius 1 is 1.62 bits per heavy atom. The molecule has 0 saturated carbocycles. The van der Waals surface area contributed by atoms with Crippen molar-refractivity contribution in [2.75, 3.05) is 13.2 Å². The average molecular weight is 186 g/mol. The standard InChI is InChI=1S/C9H18N2O2/c1-6(2)3-8(10)9(12)11-7-4-13-5-7/h6-8H,3-5,10H2,1-2H3,(H,11,12)/t8-/m1/s1. The van der Waals surface area contributed by atoms with E-state index in [1.807, 2.05) is 0 Å². The van der Waals surface area contributed by atoms with E-state index in [2.05, 4.69) is 19.2 Å². The molecule has 1 aliphatic heterocycles. The van der Waals surface area contributed by atoms with Crippen LogP contribution in [0.1, 0.15) is 20.3 Å². The normalized spacial score (nSPS) is 19.7. The van der Waals surface area contributed by atoms with Gasteiger partial charge >= 0.3 is 0 Å². The first-order valence-electron chi connectivity index (χ1n) is 4.73. The number of carbonyl (C=O) groups is 1. The zero-order chi connectivity index (χ0) is 9.84. The highest BCUT2D eigenvalue weighted by Gasteiger charge is 2.23. The molecule has 1 heterocycles. The van der Waals surface area contributed by atoms with Gasteiger partial charge in [-0.3, -0.25) is 4.79 Å². The average Bonchev–Trinajstić information content (AvgIpc) is 1.94. The SMILES string of the molecule is CC(C)C[C@@H](N)C(=O)NC1COC1. The predicted molar refractivity (Wildman–Crippen MR) is 50.2 cm³/mol. The van der Waals surface area contributed by atoms with Crippen molar-refractivity contribution < 1.29 is 9.53 Å². The molecule has 0 spiro atoms. The summed E-state index contributed by atoms with van der Waals surface area (Å²) < 4.78 is 4.94. The number of nitrogens with one attached hydrogen (secondary N) is 1. The third kappa shape index (κ3) is 3.32. The molecule has 1 saturated heterocycles. The van der Waals surface area contributed by atoms with Crippen molar-refractivity contribution in [2.45, 2.75) is 32.4 Å². The molecule has 3 N–H and O–H groups in total. The van der Waals surface area contributed by atoms with E-state index in [1.54, 1.807) is 0 Å². The van der Waals surface area contributed by atoms with Crippen LogP contribution in [0.25, 0.3) is 0 Å². The van der Waals surface area contributed by atoms with Crippen LogP contribution in [-0.2, 0) is 9.53 Å². The van der Waals surface area contributed by atoms with Gasteiger partial charge in [0.2, 0.25) is 5.91 Å². The predicted octanol–water partition coefficient (Wildman–Crippen LogP) is -0.125. The molecule has 76 valence electrons. The quantitative estimate of drug-likeness (QED) is 0.643. The summed E-state index contributed by atoms with van der Waals surface area (Å²) in [5.74, 6) is 0.403. The van der Waals surface area contributed by atoms with E-state index < -0.39 is 0 Å². The number of hydrogen-bond acceptors (Lipinski definition) is 3. The molecule has 0 aromatic heterocycles. The van der Waals surface area contributed by atoms with Crippen LogP contribution in [0.5, 0.6) is 0 Å².